The van der Waals surface area contributed by atoms with Crippen molar-refractivity contribution in [1.82, 2.24) is 9.97 Å². The number of aromatic nitrogens is 2. The summed E-state index contributed by atoms with van der Waals surface area (Å²) in [5, 5.41) is 2.04. The summed E-state index contributed by atoms with van der Waals surface area (Å²) in [4.78, 5) is 9.68. The van der Waals surface area contributed by atoms with Gasteiger partial charge in [-0.2, -0.15) is 0 Å². The molecule has 0 unspecified atom stereocenters. The Morgan fingerprint density at radius 2 is 2.07 bits per heavy atom. The molecular weight excluding hydrogens is 194 g/mol. The lowest BCUT2D eigenvalue weighted by atomic mass is 10.3. The summed E-state index contributed by atoms with van der Waals surface area (Å²) in [6, 6.07) is 4.08. The van der Waals surface area contributed by atoms with Crippen molar-refractivity contribution in [1.29, 1.82) is 0 Å². The molecule has 4 heteroatoms. The highest BCUT2D eigenvalue weighted by molar-refractivity contribution is 7.13. The standard InChI is InChI=1S/C10H11N3S/c11-4-3-10-12-6-8(7-13-10)9-2-1-5-14-9/h1-2,5-7H,3-4,11H2. The lowest BCUT2D eigenvalue weighted by molar-refractivity contribution is 0.868. The van der Waals surface area contributed by atoms with Gasteiger partial charge in [0.25, 0.3) is 0 Å². The zero-order valence-electron chi connectivity index (χ0n) is 7.68. The van der Waals surface area contributed by atoms with E-state index < -0.39 is 0 Å². The molecule has 2 N–H and O–H groups in total. The van der Waals surface area contributed by atoms with Gasteiger partial charge >= 0.3 is 0 Å². The van der Waals surface area contributed by atoms with E-state index in [1.165, 1.54) is 4.88 Å². The number of hydrogen-bond acceptors (Lipinski definition) is 4. The topological polar surface area (TPSA) is 51.8 Å². The van der Waals surface area contributed by atoms with Gasteiger partial charge in [-0.1, -0.05) is 6.07 Å². The average molecular weight is 205 g/mol. The van der Waals surface area contributed by atoms with Crippen molar-refractivity contribution in [3.63, 3.8) is 0 Å². The van der Waals surface area contributed by atoms with E-state index in [2.05, 4.69) is 16.0 Å². The Balaban J connectivity index is 2.22. The molecule has 14 heavy (non-hydrogen) atoms. The van der Waals surface area contributed by atoms with Crippen LogP contribution in [-0.2, 0) is 6.42 Å². The minimum Gasteiger partial charge on any atom is -0.330 e. The molecule has 2 heterocycles. The molecule has 0 amide bonds. The summed E-state index contributed by atoms with van der Waals surface area (Å²) in [7, 11) is 0. The molecule has 2 aromatic rings. The third kappa shape index (κ3) is 1.97. The number of nitrogens with zero attached hydrogens (tertiary/aromatic N) is 2. The first-order valence-electron chi connectivity index (χ1n) is 4.45. The lowest BCUT2D eigenvalue weighted by Crippen LogP contribution is -2.05. The highest BCUT2D eigenvalue weighted by Gasteiger charge is 2.00. The quantitative estimate of drug-likeness (QED) is 0.829. The van der Waals surface area contributed by atoms with Crippen LogP contribution in [0.2, 0.25) is 0 Å². The minimum absolute atomic E-state index is 0.596. The van der Waals surface area contributed by atoms with Gasteiger partial charge in [0.2, 0.25) is 0 Å². The van der Waals surface area contributed by atoms with Crippen molar-refractivity contribution < 1.29 is 0 Å². The maximum absolute atomic E-state index is 5.42. The molecule has 0 atom stereocenters. The van der Waals surface area contributed by atoms with Crippen LogP contribution in [-0.4, -0.2) is 16.5 Å². The Labute approximate surface area is 86.6 Å². The fraction of sp³-hybridized carbons (Fsp3) is 0.200. The van der Waals surface area contributed by atoms with Gasteiger partial charge in [-0.3, -0.25) is 0 Å². The third-order valence-electron chi connectivity index (χ3n) is 1.88. The van der Waals surface area contributed by atoms with Crippen molar-refractivity contribution in [3.8, 4) is 10.4 Å². The first kappa shape index (κ1) is 9.30. The molecule has 0 aliphatic heterocycles. The van der Waals surface area contributed by atoms with Gasteiger partial charge in [0.15, 0.2) is 0 Å². The summed E-state index contributed by atoms with van der Waals surface area (Å²) in [5.41, 5.74) is 6.49. The van der Waals surface area contributed by atoms with Crippen molar-refractivity contribution >= 4 is 11.3 Å². The summed E-state index contributed by atoms with van der Waals surface area (Å²) in [6.07, 6.45) is 4.44. The summed E-state index contributed by atoms with van der Waals surface area (Å²) >= 11 is 1.69. The van der Waals surface area contributed by atoms with Gasteiger partial charge in [-0.25, -0.2) is 9.97 Å². The van der Waals surface area contributed by atoms with Gasteiger partial charge in [0, 0.05) is 29.3 Å². The van der Waals surface area contributed by atoms with Gasteiger partial charge < -0.3 is 5.73 Å². The van der Waals surface area contributed by atoms with Crippen LogP contribution in [0.4, 0.5) is 0 Å². The second-order valence-corrected chi connectivity index (χ2v) is 3.85. The molecule has 0 spiro atoms. The molecule has 2 aromatic heterocycles. The van der Waals surface area contributed by atoms with Crippen molar-refractivity contribution in [2.75, 3.05) is 6.54 Å². The van der Waals surface area contributed by atoms with Gasteiger partial charge in [-0.15, -0.1) is 11.3 Å². The van der Waals surface area contributed by atoms with Crippen molar-refractivity contribution in [2.45, 2.75) is 6.42 Å². The summed E-state index contributed by atoms with van der Waals surface area (Å²) < 4.78 is 0. The van der Waals surface area contributed by atoms with Crippen LogP contribution < -0.4 is 5.73 Å². The van der Waals surface area contributed by atoms with E-state index in [-0.39, 0.29) is 0 Å². The van der Waals surface area contributed by atoms with Crippen LogP contribution in [0.5, 0.6) is 0 Å². The van der Waals surface area contributed by atoms with Crippen LogP contribution in [0.15, 0.2) is 29.9 Å². The van der Waals surface area contributed by atoms with Gasteiger partial charge in [0.1, 0.15) is 5.82 Å². The minimum atomic E-state index is 0.596. The largest absolute Gasteiger partial charge is 0.330 e. The van der Waals surface area contributed by atoms with Gasteiger partial charge in [0.05, 0.1) is 0 Å². The summed E-state index contributed by atoms with van der Waals surface area (Å²) in [5.74, 6) is 0.813. The van der Waals surface area contributed by atoms with Crippen LogP contribution >= 0.6 is 11.3 Å². The highest BCUT2D eigenvalue weighted by atomic mass is 32.1. The molecule has 0 saturated heterocycles. The molecule has 2 rings (SSSR count). The average Bonchev–Trinajstić information content (AvgIpc) is 2.72. The first-order chi connectivity index (χ1) is 6.90. The monoisotopic (exact) mass is 205 g/mol. The number of hydrogen-bond donors (Lipinski definition) is 1. The first-order valence-corrected chi connectivity index (χ1v) is 5.33. The van der Waals surface area contributed by atoms with Gasteiger partial charge in [-0.05, 0) is 18.0 Å². The van der Waals surface area contributed by atoms with E-state index in [0.29, 0.717) is 6.54 Å². The highest BCUT2D eigenvalue weighted by Crippen LogP contribution is 2.22. The van der Waals surface area contributed by atoms with E-state index in [1.54, 1.807) is 11.3 Å². The molecule has 0 aliphatic carbocycles. The molecular formula is C10H11N3S. The normalized spacial score (nSPS) is 10.4. The molecule has 0 saturated carbocycles. The molecule has 0 bridgehead atoms. The second kappa shape index (κ2) is 4.30. The number of rotatable bonds is 3. The zero-order valence-corrected chi connectivity index (χ0v) is 8.50. The van der Waals surface area contributed by atoms with Crippen LogP contribution in [0, 0.1) is 0 Å². The molecule has 3 nitrogen and oxygen atoms in total. The maximum Gasteiger partial charge on any atom is 0.129 e. The molecule has 72 valence electrons. The Hall–Kier alpha value is -1.26. The van der Waals surface area contributed by atoms with E-state index in [9.17, 15) is 0 Å². The fourth-order valence-corrected chi connectivity index (χ4v) is 1.89. The predicted octanol–water partition coefficient (Wildman–Crippen LogP) is 1.71. The number of nitrogens with two attached hydrogens (primary N) is 1. The number of thiophene rings is 1. The third-order valence-corrected chi connectivity index (χ3v) is 2.80. The van der Waals surface area contributed by atoms with Crippen LogP contribution in [0.3, 0.4) is 0 Å². The molecule has 0 aromatic carbocycles. The lowest BCUT2D eigenvalue weighted by Gasteiger charge is -1.98. The van der Waals surface area contributed by atoms with E-state index in [1.807, 2.05) is 23.8 Å². The Morgan fingerprint density at radius 3 is 2.64 bits per heavy atom. The van der Waals surface area contributed by atoms with E-state index >= 15 is 0 Å². The zero-order chi connectivity index (χ0) is 9.80. The maximum atomic E-state index is 5.42. The van der Waals surface area contributed by atoms with Crippen molar-refractivity contribution in [3.05, 3.63) is 35.7 Å². The van der Waals surface area contributed by atoms with E-state index in [0.717, 1.165) is 17.8 Å². The molecule has 0 radical (unpaired) electrons. The van der Waals surface area contributed by atoms with Crippen LogP contribution in [0.25, 0.3) is 10.4 Å². The molecule has 0 aliphatic rings. The SMILES string of the molecule is NCCc1ncc(-c2cccs2)cn1. The Morgan fingerprint density at radius 1 is 1.29 bits per heavy atom. The Kier molecular flexibility index (Phi) is 2.86. The van der Waals surface area contributed by atoms with Crippen molar-refractivity contribution in [2.24, 2.45) is 5.73 Å². The van der Waals surface area contributed by atoms with Crippen LogP contribution in [0.1, 0.15) is 5.82 Å². The fourth-order valence-electron chi connectivity index (χ4n) is 1.18. The molecule has 0 fully saturated rings. The summed E-state index contributed by atoms with van der Waals surface area (Å²) in [6.45, 7) is 0.596. The second-order valence-electron chi connectivity index (χ2n) is 2.90. The smallest absolute Gasteiger partial charge is 0.129 e. The predicted molar refractivity (Wildman–Crippen MR) is 58.1 cm³/mol. The Bertz CT molecular complexity index is 380. The van der Waals surface area contributed by atoms with E-state index in [4.69, 9.17) is 5.73 Å².